The summed E-state index contributed by atoms with van der Waals surface area (Å²) in [4.78, 5) is 14.8. The van der Waals surface area contributed by atoms with Crippen molar-refractivity contribution in [1.29, 1.82) is 0 Å². The Morgan fingerprint density at radius 1 is 1.21 bits per heavy atom. The number of carbonyl (C=O) groups excluding carboxylic acids is 1. The lowest BCUT2D eigenvalue weighted by Gasteiger charge is -2.29. The smallest absolute Gasteiger partial charge is 0.157 e. The number of aromatic hydroxyl groups is 2. The fourth-order valence-corrected chi connectivity index (χ4v) is 3.54. The number of aromatic nitrogens is 1. The van der Waals surface area contributed by atoms with Gasteiger partial charge in [0.25, 0.3) is 0 Å². The first-order valence-electron chi connectivity index (χ1n) is 7.72. The minimum atomic E-state index is -1.13. The van der Waals surface area contributed by atoms with E-state index < -0.39 is 18.1 Å². The van der Waals surface area contributed by atoms with Crippen LogP contribution in [-0.4, -0.2) is 27.2 Å². The number of carboxylic acid groups (broad SMARTS) is 1. The highest BCUT2D eigenvalue weighted by atomic mass is 16.4. The number of nitrogens with two attached hydrogens (primary N) is 1. The summed E-state index contributed by atoms with van der Waals surface area (Å²) < 4.78 is 0. The molecule has 1 aromatic heterocycles. The standard InChI is InChI=1S/C18H16N2O4/c21-9-5-6-11(15(22)7-9)16-17-12(8-14(20-16)18(23)24)10-3-1-2-4-13(10)19-17/h1-7,14,16,19-22H,8H2,(H,23,24)/t14-,16+/m1/s1. The molecule has 0 amide bonds. The number of phenolic OH excluding ortho intramolecular Hbond substituents is 2. The summed E-state index contributed by atoms with van der Waals surface area (Å²) in [6.07, 6.45) is 0.358. The SMILES string of the molecule is O=C([O-])[C@H]1Cc2c([nH]c3ccccc23)[C@H](c2ccc(O)cc2O)[NH2+]1. The number of benzene rings is 2. The lowest BCUT2D eigenvalue weighted by atomic mass is 9.90. The average Bonchev–Trinajstić information content (AvgIpc) is 2.93. The number of aromatic amines is 1. The maximum absolute atomic E-state index is 11.5. The molecule has 3 aromatic rings. The number of para-hydroxylation sites is 1. The predicted octanol–water partition coefficient (Wildman–Crippen LogP) is -0.0935. The molecule has 4 rings (SSSR count). The topological polar surface area (TPSA) is 113 Å². The van der Waals surface area contributed by atoms with Gasteiger partial charge in [-0.3, -0.25) is 0 Å². The van der Waals surface area contributed by atoms with Crippen LogP contribution in [0.25, 0.3) is 10.9 Å². The van der Waals surface area contributed by atoms with Crippen LogP contribution in [0.4, 0.5) is 0 Å². The van der Waals surface area contributed by atoms with E-state index in [0.29, 0.717) is 12.0 Å². The first kappa shape index (κ1) is 14.6. The molecule has 2 aromatic carbocycles. The van der Waals surface area contributed by atoms with Gasteiger partial charge in [-0.15, -0.1) is 0 Å². The summed E-state index contributed by atoms with van der Waals surface area (Å²) in [5.74, 6) is -1.24. The molecular formula is C18H16N2O4. The maximum Gasteiger partial charge on any atom is 0.157 e. The van der Waals surface area contributed by atoms with Crippen molar-refractivity contribution in [2.45, 2.75) is 18.5 Å². The molecule has 0 spiro atoms. The number of rotatable bonds is 2. The molecule has 6 heteroatoms. The Hall–Kier alpha value is -2.99. The molecule has 5 N–H and O–H groups in total. The van der Waals surface area contributed by atoms with Gasteiger partial charge < -0.3 is 30.4 Å². The van der Waals surface area contributed by atoms with Crippen LogP contribution in [0, 0.1) is 0 Å². The summed E-state index contributed by atoms with van der Waals surface area (Å²) in [5.41, 5.74) is 3.28. The number of H-pyrrole nitrogens is 1. The van der Waals surface area contributed by atoms with Crippen LogP contribution in [0.15, 0.2) is 42.5 Å². The molecule has 6 nitrogen and oxygen atoms in total. The highest BCUT2D eigenvalue weighted by Crippen LogP contribution is 2.35. The number of phenols is 2. The van der Waals surface area contributed by atoms with E-state index in [1.165, 1.54) is 12.1 Å². The number of aliphatic carboxylic acids is 1. The zero-order chi connectivity index (χ0) is 16.8. The van der Waals surface area contributed by atoms with Crippen LogP contribution in [0.1, 0.15) is 22.9 Å². The summed E-state index contributed by atoms with van der Waals surface area (Å²) in [6, 6.07) is 10.9. The lowest BCUT2D eigenvalue weighted by Crippen LogP contribution is -2.95. The number of quaternary nitrogens is 1. The molecule has 0 fully saturated rings. The summed E-state index contributed by atoms with van der Waals surface area (Å²) in [5, 5.41) is 33.9. The molecule has 0 bridgehead atoms. The number of hydrogen-bond donors (Lipinski definition) is 4. The third-order valence-corrected chi connectivity index (χ3v) is 4.66. The molecule has 122 valence electrons. The van der Waals surface area contributed by atoms with Crippen molar-refractivity contribution < 1.29 is 25.4 Å². The Labute approximate surface area is 137 Å². The minimum absolute atomic E-state index is 0.0413. The van der Waals surface area contributed by atoms with Gasteiger partial charge in [0.05, 0.1) is 17.2 Å². The molecule has 0 aliphatic carbocycles. The Morgan fingerprint density at radius 3 is 2.75 bits per heavy atom. The highest BCUT2D eigenvalue weighted by molar-refractivity contribution is 5.86. The molecule has 2 heterocycles. The van der Waals surface area contributed by atoms with Crippen molar-refractivity contribution in [3.05, 3.63) is 59.3 Å². The van der Waals surface area contributed by atoms with Crippen molar-refractivity contribution >= 4 is 16.9 Å². The fourth-order valence-electron chi connectivity index (χ4n) is 3.54. The largest absolute Gasteiger partial charge is 0.544 e. The van der Waals surface area contributed by atoms with E-state index in [2.05, 4.69) is 4.98 Å². The highest BCUT2D eigenvalue weighted by Gasteiger charge is 2.36. The molecule has 0 saturated carbocycles. The Bertz CT molecular complexity index is 947. The predicted molar refractivity (Wildman–Crippen MR) is 84.3 cm³/mol. The van der Waals surface area contributed by atoms with Gasteiger partial charge in [-0.1, -0.05) is 18.2 Å². The number of fused-ring (bicyclic) bond motifs is 3. The van der Waals surface area contributed by atoms with Gasteiger partial charge in [0, 0.05) is 23.4 Å². The monoisotopic (exact) mass is 324 g/mol. The van der Waals surface area contributed by atoms with Crippen molar-refractivity contribution in [3.63, 3.8) is 0 Å². The Balaban J connectivity index is 1.92. The second kappa shape index (κ2) is 5.28. The summed E-state index contributed by atoms with van der Waals surface area (Å²) in [7, 11) is 0. The molecule has 0 unspecified atom stereocenters. The zero-order valence-electron chi connectivity index (χ0n) is 12.7. The first-order valence-corrected chi connectivity index (χ1v) is 7.72. The average molecular weight is 324 g/mol. The number of hydrogen-bond acceptors (Lipinski definition) is 4. The zero-order valence-corrected chi connectivity index (χ0v) is 12.7. The quantitative estimate of drug-likeness (QED) is 0.527. The van der Waals surface area contributed by atoms with E-state index in [1.807, 2.05) is 24.3 Å². The van der Waals surface area contributed by atoms with E-state index in [0.717, 1.165) is 22.2 Å². The second-order valence-electron chi connectivity index (χ2n) is 6.11. The molecule has 0 saturated heterocycles. The van der Waals surface area contributed by atoms with E-state index in [-0.39, 0.29) is 11.5 Å². The molecule has 1 aliphatic heterocycles. The van der Waals surface area contributed by atoms with Crippen molar-refractivity contribution in [2.24, 2.45) is 0 Å². The lowest BCUT2D eigenvalue weighted by molar-refractivity contribution is -0.717. The van der Waals surface area contributed by atoms with Crippen molar-refractivity contribution in [3.8, 4) is 11.5 Å². The van der Waals surface area contributed by atoms with Gasteiger partial charge in [-0.05, 0) is 23.8 Å². The van der Waals surface area contributed by atoms with Crippen LogP contribution in [0.2, 0.25) is 0 Å². The third kappa shape index (κ3) is 2.19. The van der Waals surface area contributed by atoms with Crippen LogP contribution in [-0.2, 0) is 11.2 Å². The van der Waals surface area contributed by atoms with Crippen LogP contribution >= 0.6 is 0 Å². The van der Waals surface area contributed by atoms with Crippen LogP contribution < -0.4 is 10.4 Å². The first-order chi connectivity index (χ1) is 11.5. The van der Waals surface area contributed by atoms with Crippen LogP contribution in [0.3, 0.4) is 0 Å². The van der Waals surface area contributed by atoms with Gasteiger partial charge in [-0.2, -0.15) is 0 Å². The third-order valence-electron chi connectivity index (χ3n) is 4.66. The number of carboxylic acids is 1. The van der Waals surface area contributed by atoms with Gasteiger partial charge in [-0.25, -0.2) is 0 Å². The fraction of sp³-hybridized carbons (Fsp3) is 0.167. The Morgan fingerprint density at radius 2 is 2.00 bits per heavy atom. The second-order valence-corrected chi connectivity index (χ2v) is 6.11. The molecule has 24 heavy (non-hydrogen) atoms. The van der Waals surface area contributed by atoms with Crippen molar-refractivity contribution in [2.75, 3.05) is 0 Å². The summed E-state index contributed by atoms with van der Waals surface area (Å²) in [6.45, 7) is 0. The molecule has 0 radical (unpaired) electrons. The van der Waals surface area contributed by atoms with Gasteiger partial charge in [0.2, 0.25) is 0 Å². The molecule has 2 atom stereocenters. The van der Waals surface area contributed by atoms with E-state index in [4.69, 9.17) is 0 Å². The van der Waals surface area contributed by atoms with E-state index in [1.54, 1.807) is 11.4 Å². The Kier molecular flexibility index (Phi) is 3.21. The van der Waals surface area contributed by atoms with Crippen LogP contribution in [0.5, 0.6) is 11.5 Å². The van der Waals surface area contributed by atoms with Gasteiger partial charge in [0.15, 0.2) is 6.04 Å². The van der Waals surface area contributed by atoms with Gasteiger partial charge >= 0.3 is 0 Å². The summed E-state index contributed by atoms with van der Waals surface area (Å²) >= 11 is 0. The maximum atomic E-state index is 11.5. The number of carbonyl (C=O) groups is 1. The van der Waals surface area contributed by atoms with Gasteiger partial charge in [0.1, 0.15) is 17.5 Å². The minimum Gasteiger partial charge on any atom is -0.544 e. The molecular weight excluding hydrogens is 308 g/mol. The molecule has 1 aliphatic rings. The van der Waals surface area contributed by atoms with E-state index in [9.17, 15) is 20.1 Å². The number of nitrogens with one attached hydrogen (secondary N) is 1. The normalized spacial score (nSPS) is 20.0. The van der Waals surface area contributed by atoms with Crippen molar-refractivity contribution in [1.82, 2.24) is 4.98 Å². The van der Waals surface area contributed by atoms with E-state index >= 15 is 0 Å².